The van der Waals surface area contributed by atoms with Crippen LogP contribution in [0.3, 0.4) is 0 Å². The lowest BCUT2D eigenvalue weighted by Crippen LogP contribution is -2.25. The predicted molar refractivity (Wildman–Crippen MR) is 75.5 cm³/mol. The van der Waals surface area contributed by atoms with Crippen LogP contribution in [0.25, 0.3) is 6.08 Å². The monoisotopic (exact) mass is 331 g/mol. The highest BCUT2D eigenvalue weighted by atomic mass is 79.9. The van der Waals surface area contributed by atoms with Gasteiger partial charge < -0.3 is 10.4 Å². The summed E-state index contributed by atoms with van der Waals surface area (Å²) >= 11 is 4.87. The van der Waals surface area contributed by atoms with E-state index in [1.807, 2.05) is 12.1 Å². The molecule has 1 heterocycles. The van der Waals surface area contributed by atoms with Gasteiger partial charge in [0.05, 0.1) is 9.70 Å². The van der Waals surface area contributed by atoms with E-state index in [0.29, 0.717) is 13.0 Å². The quantitative estimate of drug-likeness (QED) is 0.787. The number of thiophene rings is 1. The molecule has 0 bridgehead atoms. The third kappa shape index (κ3) is 5.46. The van der Waals surface area contributed by atoms with E-state index in [4.69, 9.17) is 5.11 Å². The molecule has 0 aromatic carbocycles. The normalized spacial score (nSPS) is 12.6. The first-order chi connectivity index (χ1) is 8.49. The third-order valence-corrected chi connectivity index (χ3v) is 3.88. The van der Waals surface area contributed by atoms with Gasteiger partial charge in [-0.25, -0.2) is 0 Å². The molecule has 6 heteroatoms. The van der Waals surface area contributed by atoms with Crippen molar-refractivity contribution >= 4 is 45.2 Å². The Morgan fingerprint density at radius 2 is 2.28 bits per heavy atom. The number of hydrogen-bond donors (Lipinski definition) is 2. The first kappa shape index (κ1) is 14.9. The van der Waals surface area contributed by atoms with E-state index >= 15 is 0 Å². The van der Waals surface area contributed by atoms with Gasteiger partial charge in [-0.1, -0.05) is 6.92 Å². The summed E-state index contributed by atoms with van der Waals surface area (Å²) in [5.41, 5.74) is 0. The summed E-state index contributed by atoms with van der Waals surface area (Å²) in [4.78, 5) is 23.0. The Bertz CT molecular complexity index is 456. The number of hydrogen-bond acceptors (Lipinski definition) is 3. The maximum Gasteiger partial charge on any atom is 0.306 e. The van der Waals surface area contributed by atoms with Gasteiger partial charge in [0, 0.05) is 17.5 Å². The molecule has 0 aliphatic rings. The minimum absolute atomic E-state index is 0.211. The van der Waals surface area contributed by atoms with Crippen molar-refractivity contribution < 1.29 is 14.7 Å². The van der Waals surface area contributed by atoms with Crippen molar-refractivity contribution in [3.8, 4) is 0 Å². The topological polar surface area (TPSA) is 66.4 Å². The molecule has 0 fully saturated rings. The fourth-order valence-corrected chi connectivity index (χ4v) is 2.50. The van der Waals surface area contributed by atoms with Crippen molar-refractivity contribution in [2.75, 3.05) is 6.54 Å². The van der Waals surface area contributed by atoms with Crippen LogP contribution in [-0.4, -0.2) is 23.5 Å². The second-order valence-corrected chi connectivity index (χ2v) is 6.29. The standard InChI is InChI=1S/C12H14BrNO3S/c1-8(12(16)17)6-7-14-11(15)5-3-9-2-4-10(13)18-9/h2-5,8H,6-7H2,1H3,(H,14,15)(H,16,17)/b5-3+. The first-order valence-corrected chi connectivity index (χ1v) is 7.04. The molecule has 0 aliphatic carbocycles. The van der Waals surface area contributed by atoms with Crippen LogP contribution in [0.2, 0.25) is 0 Å². The van der Waals surface area contributed by atoms with Crippen molar-refractivity contribution in [2.24, 2.45) is 5.92 Å². The van der Waals surface area contributed by atoms with Gasteiger partial charge in [0.15, 0.2) is 0 Å². The molecule has 2 N–H and O–H groups in total. The number of rotatable bonds is 6. The average molecular weight is 332 g/mol. The molecule has 0 aliphatic heterocycles. The summed E-state index contributed by atoms with van der Waals surface area (Å²) in [7, 11) is 0. The zero-order chi connectivity index (χ0) is 13.5. The molecule has 0 spiro atoms. The van der Waals surface area contributed by atoms with Crippen LogP contribution < -0.4 is 5.32 Å². The van der Waals surface area contributed by atoms with E-state index in [2.05, 4.69) is 21.2 Å². The van der Waals surface area contributed by atoms with Crippen LogP contribution in [0, 0.1) is 5.92 Å². The lowest BCUT2D eigenvalue weighted by atomic mass is 10.1. The highest BCUT2D eigenvalue weighted by molar-refractivity contribution is 9.11. The Morgan fingerprint density at radius 3 is 2.83 bits per heavy atom. The van der Waals surface area contributed by atoms with E-state index < -0.39 is 11.9 Å². The molecular weight excluding hydrogens is 318 g/mol. The van der Waals surface area contributed by atoms with Crippen molar-refractivity contribution in [3.63, 3.8) is 0 Å². The van der Waals surface area contributed by atoms with Crippen molar-refractivity contribution in [1.82, 2.24) is 5.32 Å². The predicted octanol–water partition coefficient (Wildman–Crippen LogP) is 2.75. The number of carbonyl (C=O) groups is 2. The van der Waals surface area contributed by atoms with Gasteiger partial charge in [-0.05, 0) is 40.6 Å². The molecule has 0 radical (unpaired) electrons. The molecule has 1 rings (SSSR count). The summed E-state index contributed by atoms with van der Waals surface area (Å²) in [6.07, 6.45) is 3.61. The Kier molecular flexibility index (Phi) is 6.07. The second-order valence-electron chi connectivity index (χ2n) is 3.79. The molecule has 1 unspecified atom stereocenters. The van der Waals surface area contributed by atoms with E-state index in [9.17, 15) is 9.59 Å². The number of carbonyl (C=O) groups excluding carboxylic acids is 1. The van der Waals surface area contributed by atoms with E-state index in [-0.39, 0.29) is 5.91 Å². The molecule has 1 aromatic rings. The van der Waals surface area contributed by atoms with Gasteiger partial charge in [-0.2, -0.15) is 0 Å². The first-order valence-electron chi connectivity index (χ1n) is 5.43. The zero-order valence-electron chi connectivity index (χ0n) is 9.85. The highest BCUT2D eigenvalue weighted by Gasteiger charge is 2.09. The fourth-order valence-electron chi connectivity index (χ4n) is 1.17. The van der Waals surface area contributed by atoms with Gasteiger partial charge in [-0.3, -0.25) is 9.59 Å². The molecule has 98 valence electrons. The van der Waals surface area contributed by atoms with E-state index in [1.54, 1.807) is 13.0 Å². The second kappa shape index (κ2) is 7.33. The molecule has 0 saturated heterocycles. The number of amides is 1. The number of nitrogens with one attached hydrogen (secondary N) is 1. The Hall–Kier alpha value is -1.14. The largest absolute Gasteiger partial charge is 0.481 e. The maximum atomic E-state index is 11.4. The van der Waals surface area contributed by atoms with Crippen LogP contribution >= 0.6 is 27.3 Å². The minimum atomic E-state index is -0.844. The molecule has 1 amide bonds. The molecule has 1 atom stereocenters. The lowest BCUT2D eigenvalue weighted by Gasteiger charge is -2.05. The van der Waals surface area contributed by atoms with Crippen molar-refractivity contribution in [3.05, 3.63) is 26.9 Å². The number of carboxylic acid groups (broad SMARTS) is 1. The molecule has 1 aromatic heterocycles. The SMILES string of the molecule is CC(CCNC(=O)/C=C/c1ccc(Br)s1)C(=O)O. The lowest BCUT2D eigenvalue weighted by molar-refractivity contribution is -0.141. The van der Waals surface area contributed by atoms with Crippen molar-refractivity contribution in [1.29, 1.82) is 0 Å². The highest BCUT2D eigenvalue weighted by Crippen LogP contribution is 2.22. The van der Waals surface area contributed by atoms with E-state index in [0.717, 1.165) is 8.66 Å². The molecular formula is C12H14BrNO3S. The third-order valence-electron chi connectivity index (χ3n) is 2.29. The maximum absolute atomic E-state index is 11.4. The smallest absolute Gasteiger partial charge is 0.306 e. The minimum Gasteiger partial charge on any atom is -0.481 e. The van der Waals surface area contributed by atoms with Gasteiger partial charge in [0.25, 0.3) is 0 Å². The summed E-state index contributed by atoms with van der Waals surface area (Å²) in [5, 5.41) is 11.3. The number of carboxylic acids is 1. The fraction of sp³-hybridized carbons (Fsp3) is 0.333. The van der Waals surface area contributed by atoms with Crippen molar-refractivity contribution in [2.45, 2.75) is 13.3 Å². The van der Waals surface area contributed by atoms with Crippen LogP contribution in [-0.2, 0) is 9.59 Å². The average Bonchev–Trinajstić information content (AvgIpc) is 2.72. The summed E-state index contributed by atoms with van der Waals surface area (Å²) < 4.78 is 1.01. The number of halogens is 1. The Labute approximate surface area is 118 Å². The van der Waals surface area contributed by atoms with Gasteiger partial charge in [0.1, 0.15) is 0 Å². The Balaban J connectivity index is 2.30. The summed E-state index contributed by atoms with van der Waals surface area (Å²) in [5.74, 6) is -1.50. The van der Waals surface area contributed by atoms with E-state index in [1.165, 1.54) is 17.4 Å². The zero-order valence-corrected chi connectivity index (χ0v) is 12.3. The summed E-state index contributed by atoms with van der Waals surface area (Å²) in [6.45, 7) is 1.98. The van der Waals surface area contributed by atoms with Crippen LogP contribution in [0.1, 0.15) is 18.2 Å². The van der Waals surface area contributed by atoms with Crippen LogP contribution in [0.5, 0.6) is 0 Å². The summed E-state index contributed by atoms with van der Waals surface area (Å²) in [6, 6.07) is 3.82. The van der Waals surface area contributed by atoms with Crippen LogP contribution in [0.15, 0.2) is 22.0 Å². The molecule has 4 nitrogen and oxygen atoms in total. The molecule has 0 saturated carbocycles. The molecule has 18 heavy (non-hydrogen) atoms. The van der Waals surface area contributed by atoms with Gasteiger partial charge >= 0.3 is 5.97 Å². The Morgan fingerprint density at radius 1 is 1.56 bits per heavy atom. The van der Waals surface area contributed by atoms with Gasteiger partial charge in [0.2, 0.25) is 5.91 Å². The van der Waals surface area contributed by atoms with Crippen LogP contribution in [0.4, 0.5) is 0 Å². The van der Waals surface area contributed by atoms with Gasteiger partial charge in [-0.15, -0.1) is 11.3 Å². The number of aliphatic carboxylic acids is 1.